The van der Waals surface area contributed by atoms with Crippen LogP contribution in [0.3, 0.4) is 0 Å². The summed E-state index contributed by atoms with van der Waals surface area (Å²) in [5, 5.41) is 0. The maximum absolute atomic E-state index is 11.5. The van der Waals surface area contributed by atoms with Crippen molar-refractivity contribution in [2.75, 3.05) is 0 Å². The predicted molar refractivity (Wildman–Crippen MR) is 59.6 cm³/mol. The first kappa shape index (κ1) is 8.69. The first-order valence-corrected chi connectivity index (χ1v) is 5.27. The Balaban J connectivity index is 2.19. The van der Waals surface area contributed by atoms with E-state index in [1.54, 1.807) is 6.20 Å². The first-order chi connectivity index (χ1) is 8.33. The third-order valence-corrected chi connectivity index (χ3v) is 2.94. The zero-order valence-electron chi connectivity index (χ0n) is 8.75. The van der Waals surface area contributed by atoms with Gasteiger partial charge in [0.15, 0.2) is 0 Å². The summed E-state index contributed by atoms with van der Waals surface area (Å²) in [5.41, 5.74) is 3.01. The quantitative estimate of drug-likeness (QED) is 0.545. The van der Waals surface area contributed by atoms with Crippen molar-refractivity contribution < 1.29 is 9.53 Å². The minimum absolute atomic E-state index is 0.244. The second kappa shape index (κ2) is 2.82. The fourth-order valence-corrected chi connectivity index (χ4v) is 2.11. The molecule has 1 aromatic carbocycles. The summed E-state index contributed by atoms with van der Waals surface area (Å²) in [6.07, 6.45) is 1.75. The maximum atomic E-state index is 11.5. The highest BCUT2D eigenvalue weighted by Crippen LogP contribution is 2.21. The summed E-state index contributed by atoms with van der Waals surface area (Å²) in [7, 11) is 0. The van der Waals surface area contributed by atoms with Crippen LogP contribution in [0.25, 0.3) is 16.8 Å². The van der Waals surface area contributed by atoms with Gasteiger partial charge in [0, 0.05) is 6.20 Å². The summed E-state index contributed by atoms with van der Waals surface area (Å²) < 4.78 is 6.75. The molecule has 0 saturated carbocycles. The second-order valence-corrected chi connectivity index (χ2v) is 3.95. The molecule has 82 valence electrons. The Morgan fingerprint density at radius 2 is 2.12 bits per heavy atom. The van der Waals surface area contributed by atoms with Crippen molar-refractivity contribution in [2.45, 2.75) is 6.61 Å². The second-order valence-electron chi connectivity index (χ2n) is 3.95. The SMILES string of the molecule is O=C1OCc2nc3nc4ccccc4n3cc21. The lowest BCUT2D eigenvalue weighted by atomic mass is 10.2. The lowest BCUT2D eigenvalue weighted by Crippen LogP contribution is -1.99. The molecule has 1 aliphatic heterocycles. The fraction of sp³-hybridized carbons (Fsp3) is 0.0833. The molecule has 0 N–H and O–H groups in total. The van der Waals surface area contributed by atoms with Crippen molar-refractivity contribution in [3.63, 3.8) is 0 Å². The van der Waals surface area contributed by atoms with E-state index in [4.69, 9.17) is 4.74 Å². The molecule has 0 bridgehead atoms. The van der Waals surface area contributed by atoms with Crippen LogP contribution in [0.2, 0.25) is 0 Å². The third-order valence-electron chi connectivity index (χ3n) is 2.94. The number of aromatic nitrogens is 3. The topological polar surface area (TPSA) is 56.5 Å². The van der Waals surface area contributed by atoms with E-state index in [2.05, 4.69) is 9.97 Å². The standard InChI is InChI=1S/C12H7N3O2/c16-11-7-5-15-10-4-2-1-3-8(10)13-12(15)14-9(7)6-17-11/h1-5H,6H2. The Morgan fingerprint density at radius 1 is 1.24 bits per heavy atom. The summed E-state index contributed by atoms with van der Waals surface area (Å²) >= 11 is 0. The number of rotatable bonds is 0. The Bertz CT molecular complexity index is 776. The highest BCUT2D eigenvalue weighted by Gasteiger charge is 2.24. The number of ether oxygens (including phenoxy) is 1. The van der Waals surface area contributed by atoms with Gasteiger partial charge in [-0.05, 0) is 12.1 Å². The number of benzene rings is 1. The van der Waals surface area contributed by atoms with E-state index < -0.39 is 0 Å². The molecule has 0 saturated heterocycles. The zero-order valence-corrected chi connectivity index (χ0v) is 8.75. The molecule has 0 amide bonds. The lowest BCUT2D eigenvalue weighted by molar-refractivity contribution is 0.0533. The van der Waals surface area contributed by atoms with Crippen molar-refractivity contribution >= 4 is 22.8 Å². The fourth-order valence-electron chi connectivity index (χ4n) is 2.11. The van der Waals surface area contributed by atoms with E-state index in [0.717, 1.165) is 11.0 Å². The number of imidazole rings is 1. The molecule has 0 atom stereocenters. The number of carbonyl (C=O) groups is 1. The number of para-hydroxylation sites is 2. The van der Waals surface area contributed by atoms with Gasteiger partial charge in [-0.3, -0.25) is 4.40 Å². The molecular formula is C12H7N3O2. The van der Waals surface area contributed by atoms with E-state index >= 15 is 0 Å². The molecule has 3 aromatic rings. The smallest absolute Gasteiger partial charge is 0.342 e. The molecular weight excluding hydrogens is 218 g/mol. The largest absolute Gasteiger partial charge is 0.455 e. The molecule has 0 spiro atoms. The zero-order chi connectivity index (χ0) is 11.4. The predicted octanol–water partition coefficient (Wildman–Crippen LogP) is 1.55. The van der Waals surface area contributed by atoms with Crippen molar-refractivity contribution in [3.8, 4) is 0 Å². The summed E-state index contributed by atoms with van der Waals surface area (Å²) in [6.45, 7) is 0.244. The number of nitrogens with zero attached hydrogens (tertiary/aromatic N) is 3. The molecule has 4 rings (SSSR count). The van der Waals surface area contributed by atoms with Crippen LogP contribution in [0, 0.1) is 0 Å². The average molecular weight is 225 g/mol. The van der Waals surface area contributed by atoms with E-state index in [0.29, 0.717) is 17.0 Å². The van der Waals surface area contributed by atoms with E-state index in [1.165, 1.54) is 0 Å². The van der Waals surface area contributed by atoms with Crippen molar-refractivity contribution in [1.82, 2.24) is 14.4 Å². The van der Waals surface area contributed by atoms with Crippen LogP contribution in [-0.4, -0.2) is 20.3 Å². The van der Waals surface area contributed by atoms with Gasteiger partial charge in [-0.15, -0.1) is 0 Å². The third kappa shape index (κ3) is 1.05. The van der Waals surface area contributed by atoms with Gasteiger partial charge < -0.3 is 4.74 Å². The van der Waals surface area contributed by atoms with Crippen LogP contribution < -0.4 is 0 Å². The number of carbonyl (C=O) groups excluding carboxylic acids is 1. The average Bonchev–Trinajstić information content (AvgIpc) is 2.88. The highest BCUT2D eigenvalue weighted by atomic mass is 16.5. The molecule has 17 heavy (non-hydrogen) atoms. The van der Waals surface area contributed by atoms with Crippen LogP contribution in [0.5, 0.6) is 0 Å². The summed E-state index contributed by atoms with van der Waals surface area (Å²) in [6, 6.07) is 7.73. The Labute approximate surface area is 95.7 Å². The lowest BCUT2D eigenvalue weighted by Gasteiger charge is -1.96. The van der Waals surface area contributed by atoms with Crippen molar-refractivity contribution in [2.24, 2.45) is 0 Å². The number of esters is 1. The number of cyclic esters (lactones) is 1. The summed E-state index contributed by atoms with van der Waals surface area (Å²) in [5.74, 6) is 0.287. The number of fused-ring (bicyclic) bond motifs is 4. The molecule has 5 nitrogen and oxygen atoms in total. The van der Waals surface area contributed by atoms with Crippen molar-refractivity contribution in [3.05, 3.63) is 41.7 Å². The summed E-state index contributed by atoms with van der Waals surface area (Å²) in [4.78, 5) is 20.2. The Morgan fingerprint density at radius 3 is 3.06 bits per heavy atom. The number of hydrogen-bond acceptors (Lipinski definition) is 4. The van der Waals surface area contributed by atoms with E-state index in [1.807, 2.05) is 28.7 Å². The molecule has 0 aliphatic carbocycles. The molecule has 0 radical (unpaired) electrons. The Hall–Kier alpha value is -2.43. The van der Waals surface area contributed by atoms with Gasteiger partial charge in [0.1, 0.15) is 12.2 Å². The van der Waals surface area contributed by atoms with Crippen LogP contribution in [-0.2, 0) is 11.3 Å². The van der Waals surface area contributed by atoms with Crippen molar-refractivity contribution in [1.29, 1.82) is 0 Å². The Kier molecular flexibility index (Phi) is 1.44. The minimum atomic E-state index is -0.313. The molecule has 3 heterocycles. The number of hydrogen-bond donors (Lipinski definition) is 0. The van der Waals surface area contributed by atoms with Crippen LogP contribution >= 0.6 is 0 Å². The maximum Gasteiger partial charge on any atom is 0.342 e. The molecule has 2 aromatic heterocycles. The van der Waals surface area contributed by atoms with Gasteiger partial charge in [0.05, 0.1) is 16.7 Å². The monoisotopic (exact) mass is 225 g/mol. The molecule has 0 unspecified atom stereocenters. The highest BCUT2D eigenvalue weighted by molar-refractivity contribution is 5.93. The first-order valence-electron chi connectivity index (χ1n) is 5.27. The van der Waals surface area contributed by atoms with Gasteiger partial charge >= 0.3 is 5.97 Å². The van der Waals surface area contributed by atoms with Crippen LogP contribution in [0.15, 0.2) is 30.5 Å². The van der Waals surface area contributed by atoms with Gasteiger partial charge in [0.2, 0.25) is 5.78 Å². The van der Waals surface area contributed by atoms with Gasteiger partial charge in [-0.2, -0.15) is 0 Å². The van der Waals surface area contributed by atoms with Crippen LogP contribution in [0.1, 0.15) is 16.1 Å². The molecule has 0 fully saturated rings. The van der Waals surface area contributed by atoms with E-state index in [-0.39, 0.29) is 12.6 Å². The van der Waals surface area contributed by atoms with Gasteiger partial charge in [0.25, 0.3) is 0 Å². The normalized spacial score (nSPS) is 14.2. The molecule has 5 heteroatoms. The van der Waals surface area contributed by atoms with Gasteiger partial charge in [-0.25, -0.2) is 14.8 Å². The molecule has 1 aliphatic rings. The van der Waals surface area contributed by atoms with E-state index in [9.17, 15) is 4.79 Å². The van der Waals surface area contributed by atoms with Crippen LogP contribution in [0.4, 0.5) is 0 Å². The van der Waals surface area contributed by atoms with Gasteiger partial charge in [-0.1, -0.05) is 12.1 Å². The minimum Gasteiger partial charge on any atom is -0.455 e.